The van der Waals surface area contributed by atoms with E-state index in [4.69, 9.17) is 0 Å². The molecule has 0 radical (unpaired) electrons. The summed E-state index contributed by atoms with van der Waals surface area (Å²) in [6.45, 7) is 3.73. The number of carbonyl (C=O) groups is 1. The van der Waals surface area contributed by atoms with Crippen LogP contribution in [0, 0.1) is 5.92 Å². The fourth-order valence-corrected chi connectivity index (χ4v) is 3.99. The maximum atomic E-state index is 11.5. The summed E-state index contributed by atoms with van der Waals surface area (Å²) in [6, 6.07) is 0.0804. The summed E-state index contributed by atoms with van der Waals surface area (Å²) < 4.78 is 25.1. The average molecular weight is 303 g/mol. The summed E-state index contributed by atoms with van der Waals surface area (Å²) in [4.78, 5) is 15.7. The molecule has 0 spiro atoms. The van der Waals surface area contributed by atoms with Crippen molar-refractivity contribution in [2.45, 2.75) is 31.7 Å². The minimum absolute atomic E-state index is 0.0804. The van der Waals surface area contributed by atoms with Gasteiger partial charge in [-0.2, -0.15) is 0 Å². The third-order valence-corrected chi connectivity index (χ3v) is 4.97. The van der Waals surface area contributed by atoms with Gasteiger partial charge < -0.3 is 9.80 Å². The zero-order valence-electron chi connectivity index (χ0n) is 12.3. The quantitative estimate of drug-likeness (QED) is 0.785. The fourth-order valence-electron chi connectivity index (χ4n) is 3.15. The predicted octanol–water partition coefficient (Wildman–Crippen LogP) is -0.132. The van der Waals surface area contributed by atoms with E-state index >= 15 is 0 Å². The first kappa shape index (κ1) is 15.7. The van der Waals surface area contributed by atoms with E-state index in [-0.39, 0.29) is 11.9 Å². The number of amides is 1. The predicted molar refractivity (Wildman–Crippen MR) is 77.8 cm³/mol. The molecule has 2 heterocycles. The Morgan fingerprint density at radius 2 is 1.90 bits per heavy atom. The standard InChI is InChI=1S/C13H25N3O3S/c1-15-9-11(3-4-13(15)17)10-16-7-5-12(6-8-16)14-20(2,18)19/h11-12,14H,3-10H2,1-2H3. The average Bonchev–Trinajstić information content (AvgIpc) is 2.35. The number of carbonyl (C=O) groups excluding carboxylic acids is 1. The van der Waals surface area contributed by atoms with Gasteiger partial charge in [0.1, 0.15) is 0 Å². The van der Waals surface area contributed by atoms with Crippen molar-refractivity contribution in [3.63, 3.8) is 0 Å². The van der Waals surface area contributed by atoms with Crippen LogP contribution in [0.25, 0.3) is 0 Å². The zero-order valence-corrected chi connectivity index (χ0v) is 13.2. The first-order valence-corrected chi connectivity index (χ1v) is 9.16. The Balaban J connectivity index is 1.73. The molecule has 0 aromatic rings. The summed E-state index contributed by atoms with van der Waals surface area (Å²) >= 11 is 0. The number of likely N-dealkylation sites (tertiary alicyclic amines) is 2. The first-order chi connectivity index (χ1) is 9.33. The highest BCUT2D eigenvalue weighted by Gasteiger charge is 2.27. The topological polar surface area (TPSA) is 69.7 Å². The van der Waals surface area contributed by atoms with Crippen LogP contribution >= 0.6 is 0 Å². The largest absolute Gasteiger partial charge is 0.345 e. The molecule has 2 rings (SSSR count). The van der Waals surface area contributed by atoms with Crippen molar-refractivity contribution in [3.05, 3.63) is 0 Å². The molecule has 2 aliphatic heterocycles. The number of nitrogens with zero attached hydrogens (tertiary/aromatic N) is 2. The summed E-state index contributed by atoms with van der Waals surface area (Å²) in [7, 11) is -1.22. The van der Waals surface area contributed by atoms with Gasteiger partial charge in [-0.15, -0.1) is 0 Å². The Hall–Kier alpha value is -0.660. The third-order valence-electron chi connectivity index (χ3n) is 4.21. The van der Waals surface area contributed by atoms with Crippen LogP contribution in [-0.2, 0) is 14.8 Å². The second-order valence-corrected chi connectivity index (χ2v) is 7.92. The van der Waals surface area contributed by atoms with Crippen LogP contribution in [0.2, 0.25) is 0 Å². The second-order valence-electron chi connectivity index (χ2n) is 6.14. The molecule has 1 unspecified atom stereocenters. The van der Waals surface area contributed by atoms with Crippen molar-refractivity contribution in [1.29, 1.82) is 0 Å². The molecule has 20 heavy (non-hydrogen) atoms. The normalized spacial score (nSPS) is 27.0. The Bertz CT molecular complexity index is 444. The van der Waals surface area contributed by atoms with Gasteiger partial charge in [-0.25, -0.2) is 13.1 Å². The van der Waals surface area contributed by atoms with Gasteiger partial charge in [-0.3, -0.25) is 4.79 Å². The molecule has 0 aromatic carbocycles. The molecule has 1 N–H and O–H groups in total. The second kappa shape index (κ2) is 6.41. The van der Waals surface area contributed by atoms with Gasteiger partial charge in [0.2, 0.25) is 15.9 Å². The van der Waals surface area contributed by atoms with Crippen LogP contribution in [0.1, 0.15) is 25.7 Å². The molecule has 0 aliphatic carbocycles. The molecular weight excluding hydrogens is 278 g/mol. The molecule has 0 saturated carbocycles. The molecule has 116 valence electrons. The highest BCUT2D eigenvalue weighted by atomic mass is 32.2. The maximum Gasteiger partial charge on any atom is 0.222 e. The lowest BCUT2D eigenvalue weighted by Crippen LogP contribution is -2.47. The lowest BCUT2D eigenvalue weighted by molar-refractivity contribution is -0.133. The van der Waals surface area contributed by atoms with E-state index in [9.17, 15) is 13.2 Å². The van der Waals surface area contributed by atoms with Gasteiger partial charge in [0.05, 0.1) is 6.26 Å². The molecule has 6 nitrogen and oxygen atoms in total. The first-order valence-electron chi connectivity index (χ1n) is 7.27. The van der Waals surface area contributed by atoms with Crippen LogP contribution in [-0.4, -0.2) is 69.6 Å². The monoisotopic (exact) mass is 303 g/mol. The molecule has 2 fully saturated rings. The molecule has 2 saturated heterocycles. The molecule has 0 bridgehead atoms. The Morgan fingerprint density at radius 3 is 2.45 bits per heavy atom. The van der Waals surface area contributed by atoms with Gasteiger partial charge in [0, 0.05) is 32.6 Å². The van der Waals surface area contributed by atoms with E-state index in [1.165, 1.54) is 6.26 Å². The number of hydrogen-bond donors (Lipinski definition) is 1. The SMILES string of the molecule is CN1CC(CN2CCC(NS(C)(=O)=O)CC2)CCC1=O. The lowest BCUT2D eigenvalue weighted by atomic mass is 9.96. The van der Waals surface area contributed by atoms with E-state index < -0.39 is 10.0 Å². The number of hydrogen-bond acceptors (Lipinski definition) is 4. The van der Waals surface area contributed by atoms with E-state index in [1.54, 1.807) is 0 Å². The zero-order chi connectivity index (χ0) is 14.8. The van der Waals surface area contributed by atoms with Gasteiger partial charge in [0.25, 0.3) is 0 Å². The van der Waals surface area contributed by atoms with Gasteiger partial charge in [-0.05, 0) is 38.3 Å². The molecular formula is C13H25N3O3S. The smallest absolute Gasteiger partial charge is 0.222 e. The van der Waals surface area contributed by atoms with Crippen LogP contribution in [0.5, 0.6) is 0 Å². The Kier molecular flexibility index (Phi) is 5.04. The van der Waals surface area contributed by atoms with Crippen molar-refractivity contribution in [3.8, 4) is 0 Å². The summed E-state index contributed by atoms with van der Waals surface area (Å²) in [5.74, 6) is 0.800. The van der Waals surface area contributed by atoms with Crippen molar-refractivity contribution >= 4 is 15.9 Å². The minimum Gasteiger partial charge on any atom is -0.345 e. The van der Waals surface area contributed by atoms with Gasteiger partial charge >= 0.3 is 0 Å². The van der Waals surface area contributed by atoms with Crippen LogP contribution in [0.4, 0.5) is 0 Å². The van der Waals surface area contributed by atoms with Crippen molar-refractivity contribution in [2.75, 3.05) is 39.5 Å². The summed E-state index contributed by atoms with van der Waals surface area (Å²) in [6.07, 6.45) is 4.59. The van der Waals surface area contributed by atoms with Crippen LogP contribution in [0.3, 0.4) is 0 Å². The number of sulfonamides is 1. The summed E-state index contributed by atoms with van der Waals surface area (Å²) in [5, 5.41) is 0. The van der Waals surface area contributed by atoms with Crippen LogP contribution in [0.15, 0.2) is 0 Å². The van der Waals surface area contributed by atoms with E-state index in [0.29, 0.717) is 12.3 Å². The van der Waals surface area contributed by atoms with E-state index in [0.717, 1.165) is 45.4 Å². The Labute approximate surface area is 121 Å². The third kappa shape index (κ3) is 4.71. The highest BCUT2D eigenvalue weighted by molar-refractivity contribution is 7.88. The van der Waals surface area contributed by atoms with Crippen molar-refractivity contribution in [2.24, 2.45) is 5.92 Å². The molecule has 0 aromatic heterocycles. The van der Waals surface area contributed by atoms with Crippen molar-refractivity contribution < 1.29 is 13.2 Å². The molecule has 2 aliphatic rings. The molecule has 1 amide bonds. The summed E-state index contributed by atoms with van der Waals surface area (Å²) in [5.41, 5.74) is 0. The minimum atomic E-state index is -3.09. The lowest BCUT2D eigenvalue weighted by Gasteiger charge is -2.37. The van der Waals surface area contributed by atoms with Crippen molar-refractivity contribution in [1.82, 2.24) is 14.5 Å². The van der Waals surface area contributed by atoms with Gasteiger partial charge in [0.15, 0.2) is 0 Å². The van der Waals surface area contributed by atoms with E-state index in [1.807, 2.05) is 11.9 Å². The van der Waals surface area contributed by atoms with Crippen LogP contribution < -0.4 is 4.72 Å². The van der Waals surface area contributed by atoms with Gasteiger partial charge in [-0.1, -0.05) is 0 Å². The molecule has 1 atom stereocenters. The highest BCUT2D eigenvalue weighted by Crippen LogP contribution is 2.20. The molecule has 7 heteroatoms. The Morgan fingerprint density at radius 1 is 1.25 bits per heavy atom. The number of rotatable bonds is 4. The fraction of sp³-hybridized carbons (Fsp3) is 0.923. The van der Waals surface area contributed by atoms with E-state index in [2.05, 4.69) is 9.62 Å². The number of piperidine rings is 2. The number of nitrogens with one attached hydrogen (secondary N) is 1. The maximum absolute atomic E-state index is 11.5.